The third-order valence-corrected chi connectivity index (χ3v) is 5.18. The van der Waals surface area contributed by atoms with Crippen molar-refractivity contribution in [3.05, 3.63) is 11.4 Å². The molecule has 0 bridgehead atoms. The zero-order valence-corrected chi connectivity index (χ0v) is 19.8. The van der Waals surface area contributed by atoms with Gasteiger partial charge in [-0.2, -0.15) is 0 Å². The van der Waals surface area contributed by atoms with Crippen molar-refractivity contribution in [2.45, 2.75) is 90.9 Å². The first-order valence-corrected chi connectivity index (χ1v) is 11.8. The maximum absolute atomic E-state index is 12.3. The number of aromatic nitrogens is 1. The van der Waals surface area contributed by atoms with Gasteiger partial charge >= 0.3 is 11.9 Å². The van der Waals surface area contributed by atoms with Gasteiger partial charge in [-0.1, -0.05) is 78.1 Å². The van der Waals surface area contributed by atoms with Crippen molar-refractivity contribution in [2.75, 3.05) is 27.4 Å². The summed E-state index contributed by atoms with van der Waals surface area (Å²) in [4.78, 5) is 27.3. The molecular weight excluding hydrogens is 398 g/mol. The molecule has 0 fully saturated rings. The Morgan fingerprint density at radius 1 is 0.613 bits per heavy atom. The van der Waals surface area contributed by atoms with E-state index in [1.165, 1.54) is 52.7 Å². The van der Waals surface area contributed by atoms with Gasteiger partial charge in [0.05, 0.1) is 27.4 Å². The molecule has 1 heterocycles. The van der Waals surface area contributed by atoms with Crippen molar-refractivity contribution in [3.63, 3.8) is 0 Å². The van der Waals surface area contributed by atoms with Gasteiger partial charge in [0.25, 0.3) is 0 Å². The number of carbonyl (C=O) groups is 2. The molecule has 0 saturated carbocycles. The molecule has 7 nitrogen and oxygen atoms in total. The van der Waals surface area contributed by atoms with E-state index in [4.69, 9.17) is 18.9 Å². The van der Waals surface area contributed by atoms with Crippen LogP contribution in [0, 0.1) is 0 Å². The average Bonchev–Trinajstić information content (AvgIpc) is 3.15. The number of carbonyl (C=O) groups excluding carboxylic acids is 2. The maximum atomic E-state index is 12.3. The first kappa shape index (κ1) is 26.9. The van der Waals surface area contributed by atoms with E-state index in [0.717, 1.165) is 38.5 Å². The van der Waals surface area contributed by atoms with Gasteiger partial charge in [-0.15, -0.1) is 0 Å². The standard InChI is InChI=1S/C24H41NO6/c1-5-7-9-11-13-15-17-30-21-19(23(26)28-3)25-20(24(27)29-4)22(21)31-18-16-14-12-10-8-6-2/h25H,5-18H2,1-4H3. The van der Waals surface area contributed by atoms with Crippen molar-refractivity contribution < 1.29 is 28.5 Å². The van der Waals surface area contributed by atoms with Crippen molar-refractivity contribution in [1.29, 1.82) is 0 Å². The third kappa shape index (κ3) is 9.66. The molecule has 31 heavy (non-hydrogen) atoms. The van der Waals surface area contributed by atoms with Crippen LogP contribution in [0.5, 0.6) is 11.5 Å². The quantitative estimate of drug-likeness (QED) is 0.221. The Labute approximate surface area is 187 Å². The normalized spacial score (nSPS) is 10.7. The summed E-state index contributed by atoms with van der Waals surface area (Å²) in [6.07, 6.45) is 13.5. The lowest BCUT2D eigenvalue weighted by molar-refractivity contribution is 0.0587. The van der Waals surface area contributed by atoms with Gasteiger partial charge in [0.1, 0.15) is 0 Å². The van der Waals surface area contributed by atoms with Gasteiger partial charge in [-0.25, -0.2) is 9.59 Å². The van der Waals surface area contributed by atoms with Crippen molar-refractivity contribution >= 4 is 11.9 Å². The lowest BCUT2D eigenvalue weighted by Gasteiger charge is -2.11. The zero-order valence-electron chi connectivity index (χ0n) is 19.8. The van der Waals surface area contributed by atoms with Crippen LogP contribution >= 0.6 is 0 Å². The smallest absolute Gasteiger partial charge is 0.358 e. The van der Waals surface area contributed by atoms with Gasteiger partial charge in [0, 0.05) is 0 Å². The number of nitrogens with one attached hydrogen (secondary N) is 1. The molecule has 1 aromatic heterocycles. The lowest BCUT2D eigenvalue weighted by Crippen LogP contribution is -2.07. The topological polar surface area (TPSA) is 86.9 Å². The highest BCUT2D eigenvalue weighted by atomic mass is 16.5. The monoisotopic (exact) mass is 439 g/mol. The molecule has 0 aromatic carbocycles. The summed E-state index contributed by atoms with van der Waals surface area (Å²) in [7, 11) is 2.57. The molecule has 0 amide bonds. The molecule has 1 aromatic rings. The predicted octanol–water partition coefficient (Wildman–Crippen LogP) is 6.07. The minimum Gasteiger partial charge on any atom is -0.487 e. The second-order valence-corrected chi connectivity index (χ2v) is 7.75. The number of esters is 2. The average molecular weight is 440 g/mol. The van der Waals surface area contributed by atoms with E-state index in [9.17, 15) is 9.59 Å². The summed E-state index contributed by atoms with van der Waals surface area (Å²) in [6, 6.07) is 0. The number of aromatic amines is 1. The van der Waals surface area contributed by atoms with E-state index in [1.807, 2.05) is 0 Å². The van der Waals surface area contributed by atoms with Crippen molar-refractivity contribution in [3.8, 4) is 11.5 Å². The van der Waals surface area contributed by atoms with Gasteiger partial charge in [-0.05, 0) is 12.8 Å². The summed E-state index contributed by atoms with van der Waals surface area (Å²) < 4.78 is 21.5. The number of hydrogen-bond donors (Lipinski definition) is 1. The first-order chi connectivity index (χ1) is 15.1. The van der Waals surface area contributed by atoms with E-state index in [-0.39, 0.29) is 22.9 Å². The number of rotatable bonds is 18. The molecule has 0 saturated heterocycles. The maximum Gasteiger partial charge on any atom is 0.358 e. The highest BCUT2D eigenvalue weighted by Crippen LogP contribution is 2.37. The fourth-order valence-corrected chi connectivity index (χ4v) is 3.35. The Kier molecular flexibility index (Phi) is 14.3. The van der Waals surface area contributed by atoms with Crippen molar-refractivity contribution in [2.24, 2.45) is 0 Å². The first-order valence-electron chi connectivity index (χ1n) is 11.8. The van der Waals surface area contributed by atoms with E-state index >= 15 is 0 Å². The highest BCUT2D eigenvalue weighted by Gasteiger charge is 2.29. The summed E-state index contributed by atoms with van der Waals surface area (Å²) >= 11 is 0. The minimum absolute atomic E-state index is 0.0758. The summed E-state index contributed by atoms with van der Waals surface area (Å²) in [5.74, 6) is -0.770. The number of hydrogen-bond acceptors (Lipinski definition) is 6. The molecule has 0 spiro atoms. The van der Waals surface area contributed by atoms with Crippen molar-refractivity contribution in [1.82, 2.24) is 4.98 Å². The third-order valence-electron chi connectivity index (χ3n) is 5.18. The second kappa shape index (κ2) is 16.5. The Morgan fingerprint density at radius 2 is 0.968 bits per heavy atom. The molecule has 0 radical (unpaired) electrons. The SMILES string of the molecule is CCCCCCCCOc1c(C(=O)OC)[nH]c(C(=O)OC)c1OCCCCCCCC. The Bertz CT molecular complexity index is 588. The fourth-order valence-electron chi connectivity index (χ4n) is 3.35. The molecular formula is C24H41NO6. The van der Waals surface area contributed by atoms with Gasteiger partial charge in [0.2, 0.25) is 0 Å². The fraction of sp³-hybridized carbons (Fsp3) is 0.750. The van der Waals surface area contributed by atoms with E-state index in [0.29, 0.717) is 13.2 Å². The van der Waals surface area contributed by atoms with Gasteiger partial charge in [0.15, 0.2) is 22.9 Å². The van der Waals surface area contributed by atoms with Crippen LogP contribution in [0.1, 0.15) is 112 Å². The molecule has 0 aliphatic carbocycles. The van der Waals surface area contributed by atoms with E-state index in [2.05, 4.69) is 18.8 Å². The number of methoxy groups -OCH3 is 2. The summed E-state index contributed by atoms with van der Waals surface area (Å²) in [6.45, 7) is 5.24. The number of H-pyrrole nitrogens is 1. The zero-order chi connectivity index (χ0) is 22.9. The highest BCUT2D eigenvalue weighted by molar-refractivity contribution is 5.98. The van der Waals surface area contributed by atoms with Crippen LogP contribution in [0.25, 0.3) is 0 Å². The van der Waals surface area contributed by atoms with Crippen LogP contribution in [0.2, 0.25) is 0 Å². The molecule has 178 valence electrons. The van der Waals surface area contributed by atoms with Crippen LogP contribution in [0.3, 0.4) is 0 Å². The molecule has 0 aliphatic heterocycles. The molecule has 7 heteroatoms. The van der Waals surface area contributed by atoms with Crippen LogP contribution in [-0.2, 0) is 9.47 Å². The predicted molar refractivity (Wildman–Crippen MR) is 121 cm³/mol. The molecule has 0 atom stereocenters. The van der Waals surface area contributed by atoms with E-state index < -0.39 is 11.9 Å². The second-order valence-electron chi connectivity index (χ2n) is 7.75. The van der Waals surface area contributed by atoms with Crippen LogP contribution in [0.15, 0.2) is 0 Å². The molecule has 0 unspecified atom stereocenters. The molecule has 1 N–H and O–H groups in total. The lowest BCUT2D eigenvalue weighted by atomic mass is 10.1. The number of unbranched alkanes of at least 4 members (excludes halogenated alkanes) is 10. The van der Waals surface area contributed by atoms with Crippen LogP contribution in [0.4, 0.5) is 0 Å². The minimum atomic E-state index is -0.613. The molecule has 0 aliphatic rings. The van der Waals surface area contributed by atoms with Crippen LogP contribution in [-0.4, -0.2) is 44.4 Å². The summed E-state index contributed by atoms with van der Waals surface area (Å²) in [5, 5.41) is 0. The Balaban J connectivity index is 2.82. The molecule has 1 rings (SSSR count). The Hall–Kier alpha value is -2.18. The largest absolute Gasteiger partial charge is 0.487 e. The van der Waals surface area contributed by atoms with Gasteiger partial charge < -0.3 is 23.9 Å². The number of ether oxygens (including phenoxy) is 4. The summed E-state index contributed by atoms with van der Waals surface area (Å²) in [5.41, 5.74) is 0.152. The Morgan fingerprint density at radius 3 is 1.32 bits per heavy atom. The van der Waals surface area contributed by atoms with Crippen LogP contribution < -0.4 is 9.47 Å². The van der Waals surface area contributed by atoms with E-state index in [1.54, 1.807) is 0 Å². The van der Waals surface area contributed by atoms with Gasteiger partial charge in [-0.3, -0.25) is 0 Å².